The third kappa shape index (κ3) is 4.07. The van der Waals surface area contributed by atoms with E-state index in [1.54, 1.807) is 13.8 Å². The van der Waals surface area contributed by atoms with Crippen molar-refractivity contribution < 1.29 is 9.59 Å². The fourth-order valence-electron chi connectivity index (χ4n) is 2.63. The zero-order valence-electron chi connectivity index (χ0n) is 13.3. The van der Waals surface area contributed by atoms with Gasteiger partial charge in [0.25, 0.3) is 0 Å². The molecule has 1 atom stereocenters. The number of nitrogens with two attached hydrogens (primary N) is 1. The van der Waals surface area contributed by atoms with E-state index in [1.807, 2.05) is 24.3 Å². The molecule has 2 rings (SSSR count). The van der Waals surface area contributed by atoms with Gasteiger partial charge in [-0.05, 0) is 63.4 Å². The van der Waals surface area contributed by atoms with E-state index in [-0.39, 0.29) is 11.8 Å². The zero-order valence-corrected chi connectivity index (χ0v) is 13.3. The molecule has 1 heterocycles. The summed E-state index contributed by atoms with van der Waals surface area (Å²) in [6.45, 7) is 5.66. The molecule has 120 valence electrons. The molecular weight excluding hydrogens is 278 g/mol. The van der Waals surface area contributed by atoms with Crippen LogP contribution in [0.2, 0.25) is 0 Å². The first-order valence-electron chi connectivity index (χ1n) is 7.80. The molecule has 4 N–H and O–H groups in total. The van der Waals surface area contributed by atoms with Crippen LogP contribution < -0.4 is 16.4 Å². The molecule has 1 unspecified atom stereocenters. The van der Waals surface area contributed by atoms with Crippen LogP contribution in [0.25, 0.3) is 0 Å². The lowest BCUT2D eigenvalue weighted by Gasteiger charge is -2.21. The summed E-state index contributed by atoms with van der Waals surface area (Å²) >= 11 is 0. The van der Waals surface area contributed by atoms with Gasteiger partial charge in [0.05, 0.1) is 5.41 Å². The molecule has 0 aliphatic carbocycles. The third-order valence-electron chi connectivity index (χ3n) is 4.45. The van der Waals surface area contributed by atoms with Gasteiger partial charge in [0.1, 0.15) is 0 Å². The molecule has 1 saturated heterocycles. The predicted octanol–water partition coefficient (Wildman–Crippen LogP) is 1.78. The molecule has 0 bridgehead atoms. The second-order valence-electron chi connectivity index (χ2n) is 6.51. The fourth-order valence-corrected chi connectivity index (χ4v) is 2.63. The van der Waals surface area contributed by atoms with E-state index in [9.17, 15) is 9.59 Å². The van der Waals surface area contributed by atoms with Crippen molar-refractivity contribution in [3.8, 4) is 0 Å². The second kappa shape index (κ2) is 6.92. The first kappa shape index (κ1) is 16.5. The lowest BCUT2D eigenvalue weighted by atomic mass is 9.84. The summed E-state index contributed by atoms with van der Waals surface area (Å²) in [5, 5.41) is 6.20. The van der Waals surface area contributed by atoms with Crippen molar-refractivity contribution in [2.75, 3.05) is 18.4 Å². The van der Waals surface area contributed by atoms with Gasteiger partial charge < -0.3 is 16.4 Å². The van der Waals surface area contributed by atoms with Crippen LogP contribution in [0.1, 0.15) is 38.7 Å². The lowest BCUT2D eigenvalue weighted by Crippen LogP contribution is -2.35. The standard InChI is InChI=1S/C17H25N3O2/c1-17(2,16(18)22)13-4-6-14(7-5-13)20-15(21)8-3-12-9-10-19-11-12/h4-7,12,19H,3,8-11H2,1-2H3,(H2,18,22)(H,20,21). The van der Waals surface area contributed by atoms with E-state index in [1.165, 1.54) is 0 Å². The van der Waals surface area contributed by atoms with E-state index in [2.05, 4.69) is 10.6 Å². The molecule has 0 saturated carbocycles. The Morgan fingerprint density at radius 1 is 1.32 bits per heavy atom. The van der Waals surface area contributed by atoms with Gasteiger partial charge in [-0.15, -0.1) is 0 Å². The zero-order chi connectivity index (χ0) is 16.2. The van der Waals surface area contributed by atoms with Crippen molar-refractivity contribution in [2.45, 2.75) is 38.5 Å². The molecule has 1 aliphatic rings. The SMILES string of the molecule is CC(C)(C(N)=O)c1ccc(NC(=O)CCC2CCNC2)cc1. The maximum atomic E-state index is 12.0. The Bertz CT molecular complexity index is 531. The number of hydrogen-bond donors (Lipinski definition) is 3. The molecule has 0 aromatic heterocycles. The number of carbonyl (C=O) groups excluding carboxylic acids is 2. The van der Waals surface area contributed by atoms with Gasteiger partial charge in [-0.1, -0.05) is 12.1 Å². The Balaban J connectivity index is 1.87. The summed E-state index contributed by atoms with van der Waals surface area (Å²) < 4.78 is 0. The molecule has 5 nitrogen and oxygen atoms in total. The van der Waals surface area contributed by atoms with E-state index >= 15 is 0 Å². The maximum Gasteiger partial charge on any atom is 0.227 e. The number of rotatable bonds is 6. The van der Waals surface area contributed by atoms with E-state index < -0.39 is 5.41 Å². The fraction of sp³-hybridized carbons (Fsp3) is 0.529. The average molecular weight is 303 g/mol. The first-order chi connectivity index (χ1) is 10.4. The Kier molecular flexibility index (Phi) is 5.19. The topological polar surface area (TPSA) is 84.2 Å². The minimum Gasteiger partial charge on any atom is -0.369 e. The molecule has 1 fully saturated rings. The van der Waals surface area contributed by atoms with Gasteiger partial charge in [0.15, 0.2) is 0 Å². The van der Waals surface area contributed by atoms with E-state index in [4.69, 9.17) is 5.73 Å². The summed E-state index contributed by atoms with van der Waals surface area (Å²) in [5.74, 6) is 0.285. The van der Waals surface area contributed by atoms with Gasteiger partial charge in [0.2, 0.25) is 11.8 Å². The Labute approximate surface area is 131 Å². The van der Waals surface area contributed by atoms with Gasteiger partial charge in [0, 0.05) is 12.1 Å². The smallest absolute Gasteiger partial charge is 0.227 e. The van der Waals surface area contributed by atoms with Gasteiger partial charge >= 0.3 is 0 Å². The van der Waals surface area contributed by atoms with Crippen molar-refractivity contribution in [3.05, 3.63) is 29.8 Å². The first-order valence-corrected chi connectivity index (χ1v) is 7.80. The van der Waals surface area contributed by atoms with Crippen LogP contribution in [-0.4, -0.2) is 24.9 Å². The highest BCUT2D eigenvalue weighted by molar-refractivity contribution is 5.91. The number of carbonyl (C=O) groups is 2. The molecule has 2 amide bonds. The largest absolute Gasteiger partial charge is 0.369 e. The number of nitrogens with one attached hydrogen (secondary N) is 2. The van der Waals surface area contributed by atoms with Gasteiger partial charge in [-0.25, -0.2) is 0 Å². The monoisotopic (exact) mass is 303 g/mol. The quantitative estimate of drug-likeness (QED) is 0.749. The van der Waals surface area contributed by atoms with Crippen LogP contribution in [0.5, 0.6) is 0 Å². The van der Waals surface area contributed by atoms with Crippen molar-refractivity contribution in [1.29, 1.82) is 0 Å². The number of anilines is 1. The summed E-state index contributed by atoms with van der Waals surface area (Å²) in [6, 6.07) is 7.30. The highest BCUT2D eigenvalue weighted by atomic mass is 16.2. The van der Waals surface area contributed by atoms with Gasteiger partial charge in [-0.2, -0.15) is 0 Å². The molecule has 0 radical (unpaired) electrons. The average Bonchev–Trinajstić information content (AvgIpc) is 2.99. The molecule has 5 heteroatoms. The van der Waals surface area contributed by atoms with Crippen molar-refractivity contribution >= 4 is 17.5 Å². The molecule has 1 aromatic carbocycles. The molecular formula is C17H25N3O2. The highest BCUT2D eigenvalue weighted by Crippen LogP contribution is 2.24. The number of primary amides is 1. The van der Waals surface area contributed by atoms with Crippen LogP contribution in [0.4, 0.5) is 5.69 Å². The van der Waals surface area contributed by atoms with Crippen LogP contribution >= 0.6 is 0 Å². The maximum absolute atomic E-state index is 12.0. The summed E-state index contributed by atoms with van der Waals surface area (Å²) in [4.78, 5) is 23.4. The van der Waals surface area contributed by atoms with Crippen LogP contribution in [0.3, 0.4) is 0 Å². The van der Waals surface area contributed by atoms with Gasteiger partial charge in [-0.3, -0.25) is 9.59 Å². The number of hydrogen-bond acceptors (Lipinski definition) is 3. The van der Waals surface area contributed by atoms with Crippen molar-refractivity contribution in [2.24, 2.45) is 11.7 Å². The molecule has 22 heavy (non-hydrogen) atoms. The summed E-state index contributed by atoms with van der Waals surface area (Å²) in [7, 11) is 0. The highest BCUT2D eigenvalue weighted by Gasteiger charge is 2.27. The summed E-state index contributed by atoms with van der Waals surface area (Å²) in [5.41, 5.74) is 6.29. The van der Waals surface area contributed by atoms with Crippen LogP contribution in [0.15, 0.2) is 24.3 Å². The molecule has 1 aliphatic heterocycles. The number of benzene rings is 1. The number of amides is 2. The van der Waals surface area contributed by atoms with Crippen molar-refractivity contribution in [3.63, 3.8) is 0 Å². The molecule has 1 aromatic rings. The van der Waals surface area contributed by atoms with Crippen LogP contribution in [-0.2, 0) is 15.0 Å². The van der Waals surface area contributed by atoms with Crippen molar-refractivity contribution in [1.82, 2.24) is 5.32 Å². The molecule has 0 spiro atoms. The Hall–Kier alpha value is -1.88. The van der Waals surface area contributed by atoms with Crippen LogP contribution in [0, 0.1) is 5.92 Å². The van der Waals surface area contributed by atoms with E-state index in [0.29, 0.717) is 12.3 Å². The Morgan fingerprint density at radius 3 is 2.55 bits per heavy atom. The minimum absolute atomic E-state index is 0.0359. The predicted molar refractivity (Wildman–Crippen MR) is 87.5 cm³/mol. The van der Waals surface area contributed by atoms with E-state index in [0.717, 1.165) is 37.2 Å². The normalized spacial score (nSPS) is 18.2. The Morgan fingerprint density at radius 2 is 2.00 bits per heavy atom. The second-order valence-corrected chi connectivity index (χ2v) is 6.51. The minimum atomic E-state index is -0.710. The third-order valence-corrected chi connectivity index (χ3v) is 4.45. The summed E-state index contributed by atoms with van der Waals surface area (Å²) in [6.07, 6.45) is 2.62. The lowest BCUT2D eigenvalue weighted by molar-refractivity contribution is -0.122.